The smallest absolute Gasteiger partial charge is 0.287 e. The van der Waals surface area contributed by atoms with Crippen molar-refractivity contribution in [1.29, 1.82) is 0 Å². The van der Waals surface area contributed by atoms with Crippen LogP contribution in [0.3, 0.4) is 0 Å². The molecule has 1 aromatic heterocycles. The van der Waals surface area contributed by atoms with Crippen molar-refractivity contribution in [3.05, 3.63) is 64.3 Å². The third-order valence-electron chi connectivity index (χ3n) is 4.01. The molecular weight excluding hydrogens is 280 g/mol. The molecule has 3 rings (SSSR count). The van der Waals surface area contributed by atoms with Crippen molar-refractivity contribution in [2.24, 2.45) is 0 Å². The summed E-state index contributed by atoms with van der Waals surface area (Å²) >= 11 is 0. The molecule has 0 N–H and O–H groups in total. The molecule has 0 amide bonds. The lowest BCUT2D eigenvalue weighted by molar-refractivity contribution is -0.385. The average molecular weight is 298 g/mol. The summed E-state index contributed by atoms with van der Waals surface area (Å²) in [6.07, 6.45) is 1.33. The van der Waals surface area contributed by atoms with Gasteiger partial charge in [0.1, 0.15) is 12.0 Å². The highest BCUT2D eigenvalue weighted by atomic mass is 16.6. The zero-order valence-electron chi connectivity index (χ0n) is 12.4. The van der Waals surface area contributed by atoms with Gasteiger partial charge in [-0.25, -0.2) is 4.98 Å². The van der Waals surface area contributed by atoms with E-state index in [9.17, 15) is 10.1 Å². The monoisotopic (exact) mass is 298 g/mol. The van der Waals surface area contributed by atoms with E-state index in [1.165, 1.54) is 17.8 Å². The fourth-order valence-electron chi connectivity index (χ4n) is 2.81. The first-order valence-corrected chi connectivity index (χ1v) is 7.26. The molecule has 0 radical (unpaired) electrons. The second kappa shape index (κ2) is 6.11. The maximum absolute atomic E-state index is 10.8. The number of pyridine rings is 1. The standard InChI is InChI=1S/C16H18N4O2/c1-18-9-10-19(15(12-18)13-5-3-2-4-6-13)16-8-7-14(11-17-16)20(21)22/h2-8,11,15H,9-10,12H2,1H3. The number of piperazine rings is 1. The molecule has 1 saturated heterocycles. The van der Waals surface area contributed by atoms with Gasteiger partial charge in [0.05, 0.1) is 11.0 Å². The van der Waals surface area contributed by atoms with Crippen LogP contribution in [0.1, 0.15) is 11.6 Å². The van der Waals surface area contributed by atoms with Crippen molar-refractivity contribution >= 4 is 11.5 Å². The Kier molecular flexibility index (Phi) is 4.02. The molecule has 0 spiro atoms. The van der Waals surface area contributed by atoms with E-state index in [0.29, 0.717) is 0 Å². The first-order chi connectivity index (χ1) is 10.6. The maximum Gasteiger partial charge on any atom is 0.287 e. The number of aromatic nitrogens is 1. The molecular formula is C16H18N4O2. The molecule has 1 aromatic carbocycles. The molecule has 1 aliphatic rings. The van der Waals surface area contributed by atoms with Crippen molar-refractivity contribution in [2.45, 2.75) is 6.04 Å². The summed E-state index contributed by atoms with van der Waals surface area (Å²) in [7, 11) is 2.11. The Morgan fingerprint density at radius 1 is 1.18 bits per heavy atom. The summed E-state index contributed by atoms with van der Waals surface area (Å²) in [5, 5.41) is 10.8. The Morgan fingerprint density at radius 3 is 2.59 bits per heavy atom. The fourth-order valence-corrected chi connectivity index (χ4v) is 2.81. The first-order valence-electron chi connectivity index (χ1n) is 7.26. The van der Waals surface area contributed by atoms with Crippen LogP contribution in [0.25, 0.3) is 0 Å². The molecule has 0 bridgehead atoms. The normalized spacial score (nSPS) is 19.1. The molecule has 22 heavy (non-hydrogen) atoms. The topological polar surface area (TPSA) is 62.5 Å². The number of hydrogen-bond donors (Lipinski definition) is 0. The van der Waals surface area contributed by atoms with E-state index in [4.69, 9.17) is 0 Å². The van der Waals surface area contributed by atoms with Gasteiger partial charge in [0, 0.05) is 25.7 Å². The molecule has 114 valence electrons. The molecule has 0 aliphatic carbocycles. The summed E-state index contributed by atoms with van der Waals surface area (Å²) in [4.78, 5) is 19.1. The fraction of sp³-hybridized carbons (Fsp3) is 0.312. The van der Waals surface area contributed by atoms with E-state index in [0.717, 1.165) is 25.5 Å². The van der Waals surface area contributed by atoms with Gasteiger partial charge in [-0.15, -0.1) is 0 Å². The number of hydrogen-bond acceptors (Lipinski definition) is 5. The minimum Gasteiger partial charge on any atom is -0.347 e. The van der Waals surface area contributed by atoms with Crippen LogP contribution >= 0.6 is 0 Å². The number of benzene rings is 1. The zero-order chi connectivity index (χ0) is 15.5. The molecule has 1 atom stereocenters. The Morgan fingerprint density at radius 2 is 1.95 bits per heavy atom. The lowest BCUT2D eigenvalue weighted by Crippen LogP contribution is -2.47. The molecule has 1 aliphatic heterocycles. The van der Waals surface area contributed by atoms with Gasteiger partial charge in [-0.3, -0.25) is 10.1 Å². The van der Waals surface area contributed by atoms with E-state index in [1.807, 2.05) is 18.2 Å². The second-order valence-electron chi connectivity index (χ2n) is 5.51. The van der Waals surface area contributed by atoms with Crippen LogP contribution < -0.4 is 4.90 Å². The van der Waals surface area contributed by atoms with Crippen molar-refractivity contribution in [3.8, 4) is 0 Å². The third-order valence-corrected chi connectivity index (χ3v) is 4.01. The van der Waals surface area contributed by atoms with Crippen molar-refractivity contribution in [2.75, 3.05) is 31.6 Å². The van der Waals surface area contributed by atoms with E-state index in [1.54, 1.807) is 6.07 Å². The highest BCUT2D eigenvalue weighted by molar-refractivity contribution is 5.46. The van der Waals surface area contributed by atoms with Crippen LogP contribution in [0.2, 0.25) is 0 Å². The van der Waals surface area contributed by atoms with Gasteiger partial charge in [0.15, 0.2) is 0 Å². The predicted octanol–water partition coefficient (Wildman–Crippen LogP) is 2.48. The van der Waals surface area contributed by atoms with Gasteiger partial charge in [0.25, 0.3) is 5.69 Å². The van der Waals surface area contributed by atoms with Crippen LogP contribution in [0.5, 0.6) is 0 Å². The minimum atomic E-state index is -0.421. The van der Waals surface area contributed by atoms with E-state index < -0.39 is 4.92 Å². The Bertz CT molecular complexity index is 645. The summed E-state index contributed by atoms with van der Waals surface area (Å²) < 4.78 is 0. The summed E-state index contributed by atoms with van der Waals surface area (Å²) in [6, 6.07) is 13.8. The molecule has 2 heterocycles. The van der Waals surface area contributed by atoms with E-state index in [-0.39, 0.29) is 11.7 Å². The maximum atomic E-state index is 10.8. The molecule has 1 unspecified atom stereocenters. The average Bonchev–Trinajstić information content (AvgIpc) is 2.56. The minimum absolute atomic E-state index is 0.0224. The Hall–Kier alpha value is -2.47. The number of rotatable bonds is 3. The summed E-state index contributed by atoms with van der Waals surface area (Å²) in [6.45, 7) is 2.70. The van der Waals surface area contributed by atoms with Crippen LogP contribution in [0, 0.1) is 10.1 Å². The number of anilines is 1. The summed E-state index contributed by atoms with van der Waals surface area (Å²) in [5.41, 5.74) is 1.25. The molecule has 1 fully saturated rings. The van der Waals surface area contributed by atoms with Gasteiger partial charge < -0.3 is 9.80 Å². The predicted molar refractivity (Wildman–Crippen MR) is 84.9 cm³/mol. The van der Waals surface area contributed by atoms with Gasteiger partial charge >= 0.3 is 0 Å². The molecule has 0 saturated carbocycles. The number of nitro groups is 1. The van der Waals surface area contributed by atoms with Gasteiger partial charge in [0.2, 0.25) is 0 Å². The molecule has 6 nitrogen and oxygen atoms in total. The largest absolute Gasteiger partial charge is 0.347 e. The van der Waals surface area contributed by atoms with Crippen LogP contribution in [0.15, 0.2) is 48.7 Å². The molecule has 6 heteroatoms. The third kappa shape index (κ3) is 2.92. The highest BCUT2D eigenvalue weighted by Gasteiger charge is 2.27. The quantitative estimate of drug-likeness (QED) is 0.643. The van der Waals surface area contributed by atoms with E-state index >= 15 is 0 Å². The molecule has 2 aromatic rings. The van der Waals surface area contributed by atoms with Crippen LogP contribution in [-0.4, -0.2) is 41.5 Å². The van der Waals surface area contributed by atoms with Gasteiger partial charge in [-0.05, 0) is 18.7 Å². The van der Waals surface area contributed by atoms with Gasteiger partial charge in [-0.2, -0.15) is 0 Å². The Labute approximate surface area is 129 Å². The van der Waals surface area contributed by atoms with Crippen LogP contribution in [0.4, 0.5) is 11.5 Å². The SMILES string of the molecule is CN1CCN(c2ccc([N+](=O)[O-])cn2)C(c2ccccc2)C1. The van der Waals surface area contributed by atoms with Crippen molar-refractivity contribution in [3.63, 3.8) is 0 Å². The highest BCUT2D eigenvalue weighted by Crippen LogP contribution is 2.29. The number of nitrogens with zero attached hydrogens (tertiary/aromatic N) is 4. The van der Waals surface area contributed by atoms with Crippen molar-refractivity contribution < 1.29 is 4.92 Å². The zero-order valence-corrected chi connectivity index (χ0v) is 12.4. The summed E-state index contributed by atoms with van der Waals surface area (Å²) in [5.74, 6) is 0.785. The lowest BCUT2D eigenvalue weighted by Gasteiger charge is -2.41. The van der Waals surface area contributed by atoms with E-state index in [2.05, 4.69) is 34.0 Å². The Balaban J connectivity index is 1.90. The van der Waals surface area contributed by atoms with Crippen molar-refractivity contribution in [1.82, 2.24) is 9.88 Å². The van der Waals surface area contributed by atoms with Gasteiger partial charge in [-0.1, -0.05) is 30.3 Å². The second-order valence-corrected chi connectivity index (χ2v) is 5.51. The number of likely N-dealkylation sites (N-methyl/N-ethyl adjacent to an activating group) is 1. The lowest BCUT2D eigenvalue weighted by atomic mass is 10.0. The first kappa shape index (κ1) is 14.5. The van der Waals surface area contributed by atoms with Crippen LogP contribution in [-0.2, 0) is 0 Å².